The van der Waals surface area contributed by atoms with Crippen molar-refractivity contribution < 1.29 is 14.6 Å². The first-order valence-corrected chi connectivity index (χ1v) is 5.97. The van der Waals surface area contributed by atoms with Crippen molar-refractivity contribution in [3.8, 4) is 0 Å². The van der Waals surface area contributed by atoms with E-state index in [1.807, 2.05) is 0 Å². The highest BCUT2D eigenvalue weighted by Gasteiger charge is 2.32. The molecule has 2 fully saturated rings. The summed E-state index contributed by atoms with van der Waals surface area (Å²) < 4.78 is 5.32. The molecule has 0 amide bonds. The van der Waals surface area contributed by atoms with Crippen LogP contribution in [-0.2, 0) is 9.53 Å². The molecular weight excluding hydrogens is 208 g/mol. The van der Waals surface area contributed by atoms with Crippen LogP contribution in [0.3, 0.4) is 0 Å². The summed E-state index contributed by atoms with van der Waals surface area (Å²) in [6.45, 7) is 7.14. The molecule has 0 radical (unpaired) electrons. The van der Waals surface area contributed by atoms with Gasteiger partial charge in [0, 0.05) is 32.2 Å². The molecule has 2 atom stereocenters. The van der Waals surface area contributed by atoms with Gasteiger partial charge in [0.15, 0.2) is 0 Å². The van der Waals surface area contributed by atoms with Crippen LogP contribution in [0.4, 0.5) is 0 Å². The molecule has 2 aliphatic heterocycles. The second-order valence-electron chi connectivity index (χ2n) is 4.60. The first-order valence-electron chi connectivity index (χ1n) is 5.97. The second kappa shape index (κ2) is 5.12. The zero-order valence-electron chi connectivity index (χ0n) is 9.76. The van der Waals surface area contributed by atoms with E-state index in [1.165, 1.54) is 0 Å². The lowest BCUT2D eigenvalue weighted by atomic mass is 10.2. The number of nitrogens with zero attached hydrogens (tertiary/aromatic N) is 2. The Labute approximate surface area is 96.0 Å². The molecule has 2 unspecified atom stereocenters. The van der Waals surface area contributed by atoms with Crippen LogP contribution in [0.2, 0.25) is 0 Å². The average Bonchev–Trinajstić information content (AvgIpc) is 2.78. The molecule has 0 bridgehead atoms. The molecule has 0 saturated carbocycles. The van der Waals surface area contributed by atoms with Gasteiger partial charge < -0.3 is 9.84 Å². The van der Waals surface area contributed by atoms with E-state index in [0.717, 1.165) is 45.8 Å². The van der Waals surface area contributed by atoms with Gasteiger partial charge in [0.05, 0.1) is 13.2 Å². The molecule has 5 nitrogen and oxygen atoms in total. The number of aliphatic carboxylic acids is 1. The fourth-order valence-electron chi connectivity index (χ4n) is 2.52. The van der Waals surface area contributed by atoms with Gasteiger partial charge in [0.2, 0.25) is 0 Å². The van der Waals surface area contributed by atoms with Crippen molar-refractivity contribution in [2.24, 2.45) is 0 Å². The van der Waals surface area contributed by atoms with Gasteiger partial charge >= 0.3 is 5.97 Å². The maximum atomic E-state index is 10.9. The summed E-state index contributed by atoms with van der Waals surface area (Å²) in [6, 6.07) is 0.164. The predicted octanol–water partition coefficient (Wildman–Crippen LogP) is -0.134. The van der Waals surface area contributed by atoms with E-state index < -0.39 is 5.97 Å². The van der Waals surface area contributed by atoms with Gasteiger partial charge in [0.25, 0.3) is 0 Å². The van der Waals surface area contributed by atoms with E-state index in [2.05, 4.69) is 9.80 Å². The number of hydrogen-bond donors (Lipinski definition) is 1. The Morgan fingerprint density at radius 3 is 2.69 bits per heavy atom. The zero-order chi connectivity index (χ0) is 11.5. The van der Waals surface area contributed by atoms with Gasteiger partial charge in [-0.3, -0.25) is 14.6 Å². The van der Waals surface area contributed by atoms with E-state index in [1.54, 1.807) is 6.92 Å². The number of morpholine rings is 1. The average molecular weight is 228 g/mol. The van der Waals surface area contributed by atoms with Crippen molar-refractivity contribution in [2.45, 2.75) is 25.4 Å². The maximum Gasteiger partial charge on any atom is 0.320 e. The summed E-state index contributed by atoms with van der Waals surface area (Å²) in [6.07, 6.45) is 1.08. The summed E-state index contributed by atoms with van der Waals surface area (Å²) in [5.41, 5.74) is 0. The number of likely N-dealkylation sites (tertiary alicyclic amines) is 1. The molecule has 0 aromatic heterocycles. The molecule has 2 aliphatic rings. The number of hydrogen-bond acceptors (Lipinski definition) is 4. The largest absolute Gasteiger partial charge is 0.480 e. The smallest absolute Gasteiger partial charge is 0.320 e. The molecule has 16 heavy (non-hydrogen) atoms. The van der Waals surface area contributed by atoms with E-state index in [9.17, 15) is 4.79 Å². The molecule has 2 saturated heterocycles. The molecule has 92 valence electrons. The van der Waals surface area contributed by atoms with Gasteiger partial charge in [0.1, 0.15) is 6.04 Å². The van der Waals surface area contributed by atoms with Crippen LogP contribution in [0.1, 0.15) is 13.3 Å². The highest BCUT2D eigenvalue weighted by Crippen LogP contribution is 2.18. The van der Waals surface area contributed by atoms with Crippen molar-refractivity contribution in [1.29, 1.82) is 0 Å². The monoisotopic (exact) mass is 228 g/mol. The third kappa shape index (κ3) is 2.53. The molecule has 5 heteroatoms. The molecule has 0 spiro atoms. The highest BCUT2D eigenvalue weighted by atomic mass is 16.5. The third-order valence-corrected chi connectivity index (χ3v) is 3.66. The lowest BCUT2D eigenvalue weighted by molar-refractivity contribution is -0.142. The Morgan fingerprint density at radius 2 is 2.06 bits per heavy atom. The SMILES string of the molecule is CC(C(=O)O)N1CCC(N2CCOCC2)C1. The Morgan fingerprint density at radius 1 is 1.38 bits per heavy atom. The van der Waals surface area contributed by atoms with Crippen molar-refractivity contribution in [3.05, 3.63) is 0 Å². The summed E-state index contributed by atoms with van der Waals surface area (Å²) >= 11 is 0. The molecule has 2 heterocycles. The lowest BCUT2D eigenvalue weighted by Crippen LogP contribution is -2.46. The number of carboxylic acid groups (broad SMARTS) is 1. The molecular formula is C11H20N2O3. The van der Waals surface area contributed by atoms with Crippen LogP contribution >= 0.6 is 0 Å². The fourth-order valence-corrected chi connectivity index (χ4v) is 2.52. The highest BCUT2D eigenvalue weighted by molar-refractivity contribution is 5.72. The van der Waals surface area contributed by atoms with Gasteiger partial charge in [-0.25, -0.2) is 0 Å². The Kier molecular flexibility index (Phi) is 3.78. The number of rotatable bonds is 3. The molecule has 2 rings (SSSR count). The predicted molar refractivity (Wildman–Crippen MR) is 59.5 cm³/mol. The van der Waals surface area contributed by atoms with Crippen molar-refractivity contribution in [3.63, 3.8) is 0 Å². The van der Waals surface area contributed by atoms with Crippen LogP contribution in [0, 0.1) is 0 Å². The zero-order valence-corrected chi connectivity index (χ0v) is 9.76. The Hall–Kier alpha value is -0.650. The first kappa shape index (κ1) is 11.8. The summed E-state index contributed by atoms with van der Waals surface area (Å²) in [7, 11) is 0. The minimum Gasteiger partial charge on any atom is -0.480 e. The summed E-state index contributed by atoms with van der Waals surface area (Å²) in [5.74, 6) is -0.720. The maximum absolute atomic E-state index is 10.9. The molecule has 1 N–H and O–H groups in total. The molecule has 0 aromatic carbocycles. The van der Waals surface area contributed by atoms with Crippen LogP contribution < -0.4 is 0 Å². The van der Waals surface area contributed by atoms with Crippen molar-refractivity contribution in [1.82, 2.24) is 9.80 Å². The van der Waals surface area contributed by atoms with Gasteiger partial charge in [-0.1, -0.05) is 0 Å². The Balaban J connectivity index is 1.84. The van der Waals surface area contributed by atoms with Gasteiger partial charge in [-0.15, -0.1) is 0 Å². The van der Waals surface area contributed by atoms with E-state index in [0.29, 0.717) is 6.04 Å². The summed E-state index contributed by atoms with van der Waals surface area (Å²) in [5, 5.41) is 8.96. The lowest BCUT2D eigenvalue weighted by Gasteiger charge is -2.32. The minimum absolute atomic E-state index is 0.356. The fraction of sp³-hybridized carbons (Fsp3) is 0.909. The Bertz CT molecular complexity index is 254. The first-order chi connectivity index (χ1) is 7.68. The van der Waals surface area contributed by atoms with Gasteiger partial charge in [-0.2, -0.15) is 0 Å². The van der Waals surface area contributed by atoms with Crippen LogP contribution in [0.5, 0.6) is 0 Å². The van der Waals surface area contributed by atoms with Crippen molar-refractivity contribution >= 4 is 5.97 Å². The number of ether oxygens (including phenoxy) is 1. The molecule has 0 aromatic rings. The van der Waals surface area contributed by atoms with E-state index in [4.69, 9.17) is 9.84 Å². The number of carboxylic acids is 1. The van der Waals surface area contributed by atoms with E-state index in [-0.39, 0.29) is 6.04 Å². The van der Waals surface area contributed by atoms with E-state index >= 15 is 0 Å². The van der Waals surface area contributed by atoms with Crippen molar-refractivity contribution in [2.75, 3.05) is 39.4 Å². The quantitative estimate of drug-likeness (QED) is 0.729. The normalized spacial score (nSPS) is 30.4. The number of carbonyl (C=O) groups is 1. The van der Waals surface area contributed by atoms with Crippen LogP contribution in [0.25, 0.3) is 0 Å². The molecule has 0 aliphatic carbocycles. The summed E-state index contributed by atoms with van der Waals surface area (Å²) in [4.78, 5) is 15.4. The van der Waals surface area contributed by atoms with Gasteiger partial charge in [-0.05, 0) is 13.3 Å². The minimum atomic E-state index is -0.720. The van der Waals surface area contributed by atoms with Crippen LogP contribution in [0.15, 0.2) is 0 Å². The second-order valence-corrected chi connectivity index (χ2v) is 4.60. The van der Waals surface area contributed by atoms with Crippen LogP contribution in [-0.4, -0.2) is 72.4 Å². The topological polar surface area (TPSA) is 53.0 Å². The third-order valence-electron chi connectivity index (χ3n) is 3.66. The standard InChI is InChI=1S/C11H20N2O3/c1-9(11(14)15)13-3-2-10(8-13)12-4-6-16-7-5-12/h9-10H,2-8H2,1H3,(H,14,15).